The van der Waals surface area contributed by atoms with E-state index in [2.05, 4.69) is 19.9 Å². The standard InChI is InChI=1S/C18H19F3N5O2S.Fe/c1-3-26-8-4-5-13-9-14(23-24-17-7-6-12(2)11-22-17)15(10-16(13)26)25-29(27,28)18(19,20)21;/h6-7,9-11H,3-5,8H2,1-2H3;/q-1;+2. The molecule has 0 fully saturated rings. The maximum atomic E-state index is 12.9. The average Bonchev–Trinajstić information content (AvgIpc) is 2.66. The van der Waals surface area contributed by atoms with Gasteiger partial charge in [-0.05, 0) is 49.9 Å². The zero-order valence-corrected chi connectivity index (χ0v) is 18.1. The van der Waals surface area contributed by atoms with Crippen LogP contribution in [0.1, 0.15) is 24.5 Å². The molecule has 1 aliphatic heterocycles. The van der Waals surface area contributed by atoms with Crippen LogP contribution in [0.25, 0.3) is 4.72 Å². The monoisotopic (exact) mass is 482 g/mol. The average molecular weight is 482 g/mol. The van der Waals surface area contributed by atoms with E-state index in [0.717, 1.165) is 24.1 Å². The minimum Gasteiger partial charge on any atom is -0.568 e. The molecule has 3 rings (SSSR count). The number of hydrogen-bond donors (Lipinski definition) is 0. The molecule has 30 heavy (non-hydrogen) atoms. The topological polar surface area (TPSA) is 89.1 Å². The van der Waals surface area contributed by atoms with E-state index in [1.807, 2.05) is 18.7 Å². The Hall–Kier alpha value is -2.17. The normalized spacial score (nSPS) is 14.4. The molecule has 1 aromatic carbocycles. The fourth-order valence-electron chi connectivity index (χ4n) is 2.97. The van der Waals surface area contributed by atoms with Crippen molar-refractivity contribution >= 4 is 32.9 Å². The van der Waals surface area contributed by atoms with Crippen molar-refractivity contribution in [3.8, 4) is 0 Å². The summed E-state index contributed by atoms with van der Waals surface area (Å²) in [5.74, 6) is 0.244. The number of nitrogens with zero attached hydrogens (tertiary/aromatic N) is 5. The third-order valence-corrected chi connectivity index (χ3v) is 5.46. The van der Waals surface area contributed by atoms with E-state index in [-0.39, 0.29) is 28.6 Å². The van der Waals surface area contributed by atoms with Crippen molar-refractivity contribution in [1.82, 2.24) is 4.98 Å². The number of pyridine rings is 1. The minimum absolute atomic E-state index is 0. The van der Waals surface area contributed by atoms with Gasteiger partial charge in [0.25, 0.3) is 0 Å². The number of alkyl halides is 3. The third kappa shape index (κ3) is 5.30. The molecular formula is C18H19F3FeN5O2S+. The SMILES string of the molecule is CCN1CCCc2cc(N=Nc3ccc(C)cn3)c([N-]S(=O)(=O)C(F)(F)F)cc21.[Fe+2]. The molecule has 0 amide bonds. The van der Waals surface area contributed by atoms with E-state index in [9.17, 15) is 21.6 Å². The number of azo groups is 1. The van der Waals surface area contributed by atoms with Crippen LogP contribution in [-0.2, 0) is 33.5 Å². The van der Waals surface area contributed by atoms with Crippen LogP contribution in [0.3, 0.4) is 0 Å². The molecule has 0 N–H and O–H groups in total. The van der Waals surface area contributed by atoms with Gasteiger partial charge in [-0.1, -0.05) is 17.8 Å². The van der Waals surface area contributed by atoms with E-state index < -0.39 is 21.2 Å². The molecule has 2 heterocycles. The molecule has 12 heteroatoms. The quantitative estimate of drug-likeness (QED) is 0.420. The van der Waals surface area contributed by atoms with Crippen molar-refractivity contribution in [3.05, 3.63) is 46.3 Å². The van der Waals surface area contributed by atoms with Crippen LogP contribution in [0, 0.1) is 6.92 Å². The summed E-state index contributed by atoms with van der Waals surface area (Å²) in [4.78, 5) is 6.01. The second-order valence-corrected chi connectivity index (χ2v) is 8.15. The maximum absolute atomic E-state index is 12.9. The van der Waals surface area contributed by atoms with E-state index >= 15 is 0 Å². The predicted octanol–water partition coefficient (Wildman–Crippen LogP) is 5.43. The van der Waals surface area contributed by atoms with Gasteiger partial charge in [0, 0.05) is 25.0 Å². The van der Waals surface area contributed by atoms with Gasteiger partial charge in [-0.25, -0.2) is 13.4 Å². The summed E-state index contributed by atoms with van der Waals surface area (Å²) in [5.41, 5.74) is -3.55. The predicted molar refractivity (Wildman–Crippen MR) is 104 cm³/mol. The largest absolute Gasteiger partial charge is 2.00 e. The molecule has 0 atom stereocenters. The van der Waals surface area contributed by atoms with Crippen LogP contribution in [0.5, 0.6) is 0 Å². The first-order valence-electron chi connectivity index (χ1n) is 8.91. The first-order valence-corrected chi connectivity index (χ1v) is 10.4. The van der Waals surface area contributed by atoms with Gasteiger partial charge in [-0.3, -0.25) is 0 Å². The fourth-order valence-corrected chi connectivity index (χ4v) is 3.48. The number of aromatic nitrogens is 1. The van der Waals surface area contributed by atoms with Crippen LogP contribution in [0.15, 0.2) is 40.7 Å². The first kappa shape index (κ1) is 24.1. The van der Waals surface area contributed by atoms with Crippen LogP contribution in [0.2, 0.25) is 0 Å². The van der Waals surface area contributed by atoms with Gasteiger partial charge in [0.2, 0.25) is 0 Å². The molecule has 0 saturated heterocycles. The molecule has 0 aliphatic carbocycles. The van der Waals surface area contributed by atoms with Gasteiger partial charge in [0.15, 0.2) is 15.8 Å². The molecular weight excluding hydrogens is 463 g/mol. The van der Waals surface area contributed by atoms with Gasteiger partial charge in [-0.15, -0.1) is 5.11 Å². The zero-order valence-electron chi connectivity index (χ0n) is 16.2. The smallest absolute Gasteiger partial charge is 0.568 e. The third-order valence-electron chi connectivity index (χ3n) is 4.44. The molecule has 0 bridgehead atoms. The van der Waals surface area contributed by atoms with Gasteiger partial charge in [0.1, 0.15) is 0 Å². The number of aryl methyl sites for hydroxylation is 2. The molecule has 0 spiro atoms. The van der Waals surface area contributed by atoms with Crippen molar-refractivity contribution in [3.63, 3.8) is 0 Å². The fraction of sp³-hybridized carbons (Fsp3) is 0.389. The Kier molecular flexibility index (Phi) is 7.49. The van der Waals surface area contributed by atoms with Gasteiger partial charge < -0.3 is 9.62 Å². The van der Waals surface area contributed by atoms with Crippen LogP contribution in [-0.4, -0.2) is 32.0 Å². The second-order valence-electron chi connectivity index (χ2n) is 6.56. The molecule has 162 valence electrons. The number of rotatable bonds is 5. The zero-order chi connectivity index (χ0) is 21.2. The van der Waals surface area contributed by atoms with Crippen LogP contribution >= 0.6 is 0 Å². The van der Waals surface area contributed by atoms with Crippen LogP contribution in [0.4, 0.5) is 36.1 Å². The molecule has 0 saturated carbocycles. The Morgan fingerprint density at radius 1 is 1.23 bits per heavy atom. The summed E-state index contributed by atoms with van der Waals surface area (Å²) >= 11 is 0. The Bertz CT molecular complexity index is 1030. The Labute approximate surface area is 183 Å². The summed E-state index contributed by atoms with van der Waals surface area (Å²) in [5, 5.41) is 7.87. The van der Waals surface area contributed by atoms with Gasteiger partial charge in [-0.2, -0.15) is 18.3 Å². The molecule has 0 unspecified atom stereocenters. The molecule has 2 aromatic rings. The number of hydrogen-bond acceptors (Lipinski definition) is 6. The molecule has 1 aromatic heterocycles. The van der Waals surface area contributed by atoms with Crippen molar-refractivity contribution in [2.75, 3.05) is 18.0 Å². The number of fused-ring (bicyclic) bond motifs is 1. The van der Waals surface area contributed by atoms with Gasteiger partial charge >= 0.3 is 22.6 Å². The van der Waals surface area contributed by atoms with E-state index in [1.165, 1.54) is 6.07 Å². The maximum Gasteiger partial charge on any atom is 2.00 e. The summed E-state index contributed by atoms with van der Waals surface area (Å²) in [7, 11) is -5.72. The second kappa shape index (κ2) is 9.32. The van der Waals surface area contributed by atoms with Crippen molar-refractivity contribution in [2.24, 2.45) is 10.2 Å². The van der Waals surface area contributed by atoms with E-state index in [1.54, 1.807) is 24.4 Å². The molecule has 7 nitrogen and oxygen atoms in total. The summed E-state index contributed by atoms with van der Waals surface area (Å²) in [6.07, 6.45) is 3.14. The summed E-state index contributed by atoms with van der Waals surface area (Å²) in [6, 6.07) is 6.23. The summed E-state index contributed by atoms with van der Waals surface area (Å²) in [6.45, 7) is 5.11. The molecule has 0 radical (unpaired) electrons. The van der Waals surface area contributed by atoms with Gasteiger partial charge in [0.05, 0.1) is 5.69 Å². The van der Waals surface area contributed by atoms with Crippen molar-refractivity contribution in [2.45, 2.75) is 32.2 Å². The first-order chi connectivity index (χ1) is 13.6. The molecule has 1 aliphatic rings. The van der Waals surface area contributed by atoms with Crippen molar-refractivity contribution < 1.29 is 38.7 Å². The van der Waals surface area contributed by atoms with Crippen molar-refractivity contribution in [1.29, 1.82) is 0 Å². The number of sulfonamides is 1. The van der Waals surface area contributed by atoms with E-state index in [4.69, 9.17) is 0 Å². The van der Waals surface area contributed by atoms with E-state index in [0.29, 0.717) is 18.7 Å². The Morgan fingerprint density at radius 2 is 1.97 bits per heavy atom. The number of benzene rings is 1. The number of halogens is 3. The Balaban J connectivity index is 0.00000320. The Morgan fingerprint density at radius 3 is 2.57 bits per heavy atom. The van der Waals surface area contributed by atoms with Crippen LogP contribution < -0.4 is 4.90 Å². The summed E-state index contributed by atoms with van der Waals surface area (Å²) < 4.78 is 64.8. The number of anilines is 1. The minimum atomic E-state index is -5.72.